The number of aryl methyl sites for hydroxylation is 1. The zero-order valence-electron chi connectivity index (χ0n) is 15.4. The molecular formula is C20H20N2O5S. The normalized spacial score (nSPS) is 11.2. The van der Waals surface area contributed by atoms with Crippen LogP contribution < -0.4 is 14.8 Å². The summed E-state index contributed by atoms with van der Waals surface area (Å²) < 4.78 is 37.8. The molecular weight excluding hydrogens is 380 g/mol. The molecule has 1 aromatic heterocycles. The van der Waals surface area contributed by atoms with E-state index in [0.717, 1.165) is 0 Å². The average molecular weight is 400 g/mol. The molecule has 0 saturated carbocycles. The highest BCUT2D eigenvalue weighted by Gasteiger charge is 2.18. The van der Waals surface area contributed by atoms with Gasteiger partial charge in [0.15, 0.2) is 0 Å². The van der Waals surface area contributed by atoms with Crippen LogP contribution in [-0.2, 0) is 16.6 Å². The summed E-state index contributed by atoms with van der Waals surface area (Å²) in [7, 11) is -2.27. The Morgan fingerprint density at radius 2 is 1.93 bits per heavy atom. The number of hydrogen-bond donors (Lipinski definition) is 2. The minimum absolute atomic E-state index is 0.000415. The van der Waals surface area contributed by atoms with E-state index in [0.29, 0.717) is 22.8 Å². The smallest absolute Gasteiger partial charge is 0.255 e. The Morgan fingerprint density at radius 3 is 2.64 bits per heavy atom. The van der Waals surface area contributed by atoms with Crippen LogP contribution in [0.25, 0.3) is 0 Å². The van der Waals surface area contributed by atoms with Gasteiger partial charge in [-0.25, -0.2) is 13.1 Å². The first-order chi connectivity index (χ1) is 13.4. The molecule has 0 bridgehead atoms. The molecule has 2 N–H and O–H groups in total. The third-order valence-corrected chi connectivity index (χ3v) is 5.51. The number of furan rings is 1. The van der Waals surface area contributed by atoms with Crippen molar-refractivity contribution in [2.24, 2.45) is 0 Å². The molecule has 3 rings (SSSR count). The zero-order chi connectivity index (χ0) is 20.1. The summed E-state index contributed by atoms with van der Waals surface area (Å²) in [6.45, 7) is 1.77. The molecule has 28 heavy (non-hydrogen) atoms. The Balaban J connectivity index is 1.81. The van der Waals surface area contributed by atoms with Crippen LogP contribution in [0.4, 0.5) is 5.69 Å². The summed E-state index contributed by atoms with van der Waals surface area (Å²) in [5.74, 6) is 0.688. The van der Waals surface area contributed by atoms with E-state index in [-0.39, 0.29) is 17.0 Å². The molecule has 3 aromatic rings. The van der Waals surface area contributed by atoms with Crippen molar-refractivity contribution in [2.75, 3.05) is 12.4 Å². The van der Waals surface area contributed by atoms with Gasteiger partial charge in [0.05, 0.1) is 24.8 Å². The quantitative estimate of drug-likeness (QED) is 0.634. The molecule has 0 aliphatic carbocycles. The maximum absolute atomic E-state index is 12.7. The lowest BCUT2D eigenvalue weighted by Crippen LogP contribution is -2.24. The molecule has 7 nitrogen and oxygen atoms in total. The summed E-state index contributed by atoms with van der Waals surface area (Å²) in [5, 5.41) is 2.76. The maximum Gasteiger partial charge on any atom is 0.255 e. The lowest BCUT2D eigenvalue weighted by atomic mass is 10.1. The molecule has 0 spiro atoms. The van der Waals surface area contributed by atoms with Gasteiger partial charge in [-0.15, -0.1) is 0 Å². The first-order valence-electron chi connectivity index (χ1n) is 8.47. The van der Waals surface area contributed by atoms with Gasteiger partial charge in [0, 0.05) is 17.3 Å². The predicted octanol–water partition coefficient (Wildman–Crippen LogP) is 3.33. The lowest BCUT2D eigenvalue weighted by molar-refractivity contribution is 0.102. The fourth-order valence-corrected chi connectivity index (χ4v) is 3.59. The highest BCUT2D eigenvalue weighted by atomic mass is 32.2. The van der Waals surface area contributed by atoms with Gasteiger partial charge < -0.3 is 14.5 Å². The number of hydrogen-bond acceptors (Lipinski definition) is 5. The molecule has 0 atom stereocenters. The number of methoxy groups -OCH3 is 1. The molecule has 146 valence electrons. The zero-order valence-corrected chi connectivity index (χ0v) is 16.2. The number of anilines is 1. The van der Waals surface area contributed by atoms with Crippen LogP contribution in [0.15, 0.2) is 70.2 Å². The summed E-state index contributed by atoms with van der Waals surface area (Å²) in [6, 6.07) is 14.7. The number of carbonyl (C=O) groups is 1. The van der Waals surface area contributed by atoms with E-state index in [1.54, 1.807) is 49.4 Å². The van der Waals surface area contributed by atoms with Crippen molar-refractivity contribution in [3.05, 3.63) is 77.7 Å². The average Bonchev–Trinajstić information content (AvgIpc) is 3.20. The molecule has 0 radical (unpaired) electrons. The van der Waals surface area contributed by atoms with Gasteiger partial charge >= 0.3 is 0 Å². The minimum atomic E-state index is -3.80. The van der Waals surface area contributed by atoms with Crippen molar-refractivity contribution in [1.82, 2.24) is 4.72 Å². The van der Waals surface area contributed by atoms with Gasteiger partial charge in [-0.2, -0.15) is 0 Å². The summed E-state index contributed by atoms with van der Waals surface area (Å²) in [5.41, 5.74) is 1.47. The number of amides is 1. The van der Waals surface area contributed by atoms with Crippen LogP contribution in [0.1, 0.15) is 21.7 Å². The van der Waals surface area contributed by atoms with Gasteiger partial charge in [-0.3, -0.25) is 4.79 Å². The molecule has 0 aliphatic rings. The third kappa shape index (κ3) is 4.59. The molecule has 1 heterocycles. The monoisotopic (exact) mass is 400 g/mol. The van der Waals surface area contributed by atoms with Crippen LogP contribution in [0.5, 0.6) is 5.75 Å². The summed E-state index contributed by atoms with van der Waals surface area (Å²) >= 11 is 0. The molecule has 2 aromatic carbocycles. The number of ether oxygens (including phenoxy) is 1. The van der Waals surface area contributed by atoms with Gasteiger partial charge in [-0.05, 0) is 48.9 Å². The van der Waals surface area contributed by atoms with Crippen LogP contribution >= 0.6 is 0 Å². The Bertz CT molecular complexity index is 1080. The fraction of sp³-hybridized carbons (Fsp3) is 0.150. The molecule has 0 saturated heterocycles. The Morgan fingerprint density at radius 1 is 1.11 bits per heavy atom. The topological polar surface area (TPSA) is 97.6 Å². The van der Waals surface area contributed by atoms with Gasteiger partial charge in [0.1, 0.15) is 11.5 Å². The number of carbonyl (C=O) groups excluding carboxylic acids is 1. The number of rotatable bonds is 7. The van der Waals surface area contributed by atoms with E-state index in [9.17, 15) is 13.2 Å². The van der Waals surface area contributed by atoms with E-state index in [2.05, 4.69) is 10.0 Å². The van der Waals surface area contributed by atoms with E-state index in [1.165, 1.54) is 25.5 Å². The van der Waals surface area contributed by atoms with Crippen molar-refractivity contribution in [1.29, 1.82) is 0 Å². The van der Waals surface area contributed by atoms with Gasteiger partial charge in [0.2, 0.25) is 10.0 Å². The van der Waals surface area contributed by atoms with Crippen molar-refractivity contribution in [3.63, 3.8) is 0 Å². The second kappa shape index (κ2) is 8.28. The van der Waals surface area contributed by atoms with Crippen molar-refractivity contribution in [3.8, 4) is 5.75 Å². The first kappa shape index (κ1) is 19.7. The fourth-order valence-electron chi connectivity index (χ4n) is 2.57. The van der Waals surface area contributed by atoms with E-state index < -0.39 is 15.9 Å². The summed E-state index contributed by atoms with van der Waals surface area (Å²) in [4.78, 5) is 12.7. The Kier molecular flexibility index (Phi) is 5.81. The minimum Gasteiger partial charge on any atom is -0.497 e. The third-order valence-electron chi connectivity index (χ3n) is 4.11. The highest BCUT2D eigenvalue weighted by Crippen LogP contribution is 2.20. The molecule has 0 aliphatic heterocycles. The second-order valence-corrected chi connectivity index (χ2v) is 7.83. The van der Waals surface area contributed by atoms with Crippen LogP contribution in [0.2, 0.25) is 0 Å². The van der Waals surface area contributed by atoms with Gasteiger partial charge in [-0.1, -0.05) is 12.1 Å². The van der Waals surface area contributed by atoms with E-state index >= 15 is 0 Å². The molecule has 0 fully saturated rings. The van der Waals surface area contributed by atoms with Crippen molar-refractivity contribution >= 4 is 21.6 Å². The van der Waals surface area contributed by atoms with E-state index in [1.807, 2.05) is 0 Å². The number of sulfonamides is 1. The van der Waals surface area contributed by atoms with Gasteiger partial charge in [0.25, 0.3) is 5.91 Å². The first-order valence-corrected chi connectivity index (χ1v) is 9.95. The lowest BCUT2D eigenvalue weighted by Gasteiger charge is -2.11. The second-order valence-electron chi connectivity index (χ2n) is 6.07. The Labute approximate surface area is 163 Å². The molecule has 1 amide bonds. The molecule has 0 unspecified atom stereocenters. The SMILES string of the molecule is COc1cccc(NC(=O)c2cc(S(=O)(=O)NCc3ccco3)ccc2C)c1. The highest BCUT2D eigenvalue weighted by molar-refractivity contribution is 7.89. The van der Waals surface area contributed by atoms with Crippen LogP contribution in [-0.4, -0.2) is 21.4 Å². The summed E-state index contributed by atoms with van der Waals surface area (Å²) in [6.07, 6.45) is 1.47. The molecule has 8 heteroatoms. The standard InChI is InChI=1S/C20H20N2O5S/c1-14-8-9-18(28(24,25)21-13-17-7-4-10-27-17)12-19(14)20(23)22-15-5-3-6-16(11-15)26-2/h3-12,21H,13H2,1-2H3,(H,22,23). The van der Waals surface area contributed by atoms with E-state index in [4.69, 9.17) is 9.15 Å². The predicted molar refractivity (Wildman–Crippen MR) is 105 cm³/mol. The largest absolute Gasteiger partial charge is 0.497 e. The number of benzene rings is 2. The van der Waals surface area contributed by atoms with Crippen LogP contribution in [0, 0.1) is 6.92 Å². The number of nitrogens with one attached hydrogen (secondary N) is 2. The maximum atomic E-state index is 12.7. The van der Waals surface area contributed by atoms with Crippen molar-refractivity contribution < 1.29 is 22.4 Å². The Hall–Kier alpha value is -3.10. The van der Waals surface area contributed by atoms with Crippen LogP contribution in [0.3, 0.4) is 0 Å². The van der Waals surface area contributed by atoms with Crippen molar-refractivity contribution in [2.45, 2.75) is 18.4 Å².